The van der Waals surface area contributed by atoms with Gasteiger partial charge in [-0.25, -0.2) is 4.98 Å². The molecular weight excluding hydrogens is 387 g/mol. The van der Waals surface area contributed by atoms with Crippen LogP contribution in [0.3, 0.4) is 0 Å². The van der Waals surface area contributed by atoms with Crippen molar-refractivity contribution in [3.63, 3.8) is 0 Å². The molecule has 0 unspecified atom stereocenters. The van der Waals surface area contributed by atoms with Gasteiger partial charge in [0.25, 0.3) is 0 Å². The van der Waals surface area contributed by atoms with Crippen molar-refractivity contribution in [2.45, 2.75) is 20.0 Å². The first kappa shape index (κ1) is 18.5. The SMILES string of the molecule is CC(C)COc1ncc(C(F)(F)F)c(N(C)c2cccc(Br)c2)n1. The Morgan fingerprint density at radius 1 is 1.29 bits per heavy atom. The Morgan fingerprint density at radius 2 is 2.00 bits per heavy atom. The highest BCUT2D eigenvalue weighted by Crippen LogP contribution is 2.38. The van der Waals surface area contributed by atoms with Crippen LogP contribution in [0.2, 0.25) is 0 Å². The molecule has 0 radical (unpaired) electrons. The van der Waals surface area contributed by atoms with Gasteiger partial charge in [-0.2, -0.15) is 18.2 Å². The fraction of sp³-hybridized carbons (Fsp3) is 0.375. The minimum Gasteiger partial charge on any atom is -0.463 e. The molecule has 1 aromatic heterocycles. The quantitative estimate of drug-likeness (QED) is 0.698. The summed E-state index contributed by atoms with van der Waals surface area (Å²) in [4.78, 5) is 9.02. The standard InChI is InChI=1S/C16H17BrF3N3O/c1-10(2)9-24-15-21-8-13(16(18,19)20)14(22-15)23(3)12-6-4-5-11(17)7-12/h4-8,10H,9H2,1-3H3. The molecule has 0 N–H and O–H groups in total. The summed E-state index contributed by atoms with van der Waals surface area (Å²) in [5.74, 6) is -0.0449. The van der Waals surface area contributed by atoms with Gasteiger partial charge in [0.2, 0.25) is 0 Å². The molecule has 2 aromatic rings. The molecule has 0 saturated carbocycles. The van der Waals surface area contributed by atoms with Crippen molar-refractivity contribution < 1.29 is 17.9 Å². The van der Waals surface area contributed by atoms with Crippen LogP contribution in [0.5, 0.6) is 6.01 Å². The van der Waals surface area contributed by atoms with Crippen molar-refractivity contribution in [2.75, 3.05) is 18.6 Å². The molecule has 24 heavy (non-hydrogen) atoms. The van der Waals surface area contributed by atoms with Crippen LogP contribution in [0.25, 0.3) is 0 Å². The Morgan fingerprint density at radius 3 is 2.58 bits per heavy atom. The van der Waals surface area contributed by atoms with Crippen LogP contribution in [-0.4, -0.2) is 23.6 Å². The molecule has 1 aromatic carbocycles. The highest BCUT2D eigenvalue weighted by Gasteiger charge is 2.36. The molecule has 0 atom stereocenters. The van der Waals surface area contributed by atoms with Gasteiger partial charge in [-0.1, -0.05) is 35.8 Å². The monoisotopic (exact) mass is 403 g/mol. The molecule has 1 heterocycles. The molecule has 0 amide bonds. The number of halogens is 4. The van der Waals surface area contributed by atoms with Gasteiger partial charge in [-0.3, -0.25) is 0 Å². The van der Waals surface area contributed by atoms with E-state index in [0.717, 1.165) is 10.7 Å². The topological polar surface area (TPSA) is 38.2 Å². The maximum Gasteiger partial charge on any atom is 0.421 e. The normalized spacial score (nSPS) is 11.7. The van der Waals surface area contributed by atoms with Crippen molar-refractivity contribution in [1.29, 1.82) is 0 Å². The highest BCUT2D eigenvalue weighted by atomic mass is 79.9. The maximum atomic E-state index is 13.3. The fourth-order valence-electron chi connectivity index (χ4n) is 1.93. The third-order valence-corrected chi connectivity index (χ3v) is 3.60. The van der Waals surface area contributed by atoms with Crippen LogP contribution in [0.1, 0.15) is 19.4 Å². The number of hydrogen-bond donors (Lipinski definition) is 0. The van der Waals surface area contributed by atoms with E-state index in [1.807, 2.05) is 13.8 Å². The Bertz CT molecular complexity index is 707. The largest absolute Gasteiger partial charge is 0.463 e. The van der Waals surface area contributed by atoms with Crippen LogP contribution in [-0.2, 0) is 6.18 Å². The van der Waals surface area contributed by atoms with Crippen LogP contribution in [0, 0.1) is 5.92 Å². The zero-order valence-corrected chi connectivity index (χ0v) is 15.0. The summed E-state index contributed by atoms with van der Waals surface area (Å²) in [6.45, 7) is 4.18. The molecule has 0 aliphatic heterocycles. The zero-order valence-electron chi connectivity index (χ0n) is 13.4. The Hall–Kier alpha value is -1.83. The Balaban J connectivity index is 2.45. The summed E-state index contributed by atoms with van der Waals surface area (Å²) in [5.41, 5.74) is -0.356. The van der Waals surface area contributed by atoms with E-state index in [1.54, 1.807) is 24.3 Å². The van der Waals surface area contributed by atoms with E-state index in [0.29, 0.717) is 12.3 Å². The van der Waals surface area contributed by atoms with Crippen molar-refractivity contribution in [1.82, 2.24) is 9.97 Å². The third kappa shape index (κ3) is 4.59. The lowest BCUT2D eigenvalue weighted by Crippen LogP contribution is -2.19. The second-order valence-electron chi connectivity index (χ2n) is 5.63. The molecular formula is C16H17BrF3N3O. The second-order valence-corrected chi connectivity index (χ2v) is 6.55. The number of ether oxygens (including phenoxy) is 1. The first-order valence-electron chi connectivity index (χ1n) is 7.25. The number of nitrogens with zero attached hydrogens (tertiary/aromatic N) is 3. The fourth-order valence-corrected chi connectivity index (χ4v) is 2.32. The number of aromatic nitrogens is 2. The van der Waals surface area contributed by atoms with Crippen LogP contribution in [0.15, 0.2) is 34.9 Å². The van der Waals surface area contributed by atoms with Gasteiger partial charge in [0.1, 0.15) is 5.56 Å². The minimum atomic E-state index is -4.56. The molecule has 130 valence electrons. The number of rotatable bonds is 5. The molecule has 0 bridgehead atoms. The van der Waals surface area contributed by atoms with Crippen LogP contribution >= 0.6 is 15.9 Å². The Kier molecular flexibility index (Phi) is 5.69. The molecule has 2 rings (SSSR count). The molecule has 0 spiro atoms. The first-order chi connectivity index (χ1) is 11.2. The predicted octanol–water partition coefficient (Wildman–Crippen LogP) is 5.06. The molecule has 8 heteroatoms. The average molecular weight is 404 g/mol. The summed E-state index contributed by atoms with van der Waals surface area (Å²) in [5, 5.41) is 0. The van der Waals surface area contributed by atoms with E-state index in [4.69, 9.17) is 4.74 Å². The number of alkyl halides is 3. The van der Waals surface area contributed by atoms with Crippen LogP contribution < -0.4 is 9.64 Å². The van der Waals surface area contributed by atoms with Gasteiger partial charge in [-0.05, 0) is 24.1 Å². The summed E-state index contributed by atoms with van der Waals surface area (Å²) in [6, 6.07) is 6.85. The molecule has 0 aliphatic carbocycles. The minimum absolute atomic E-state index is 0.0754. The van der Waals surface area contributed by atoms with Crippen molar-refractivity contribution in [3.8, 4) is 6.01 Å². The smallest absolute Gasteiger partial charge is 0.421 e. The summed E-state index contributed by atoms with van der Waals surface area (Å²) >= 11 is 3.31. The lowest BCUT2D eigenvalue weighted by atomic mass is 10.2. The van der Waals surface area contributed by atoms with E-state index >= 15 is 0 Å². The highest BCUT2D eigenvalue weighted by molar-refractivity contribution is 9.10. The lowest BCUT2D eigenvalue weighted by Gasteiger charge is -2.23. The maximum absolute atomic E-state index is 13.3. The molecule has 0 saturated heterocycles. The van der Waals surface area contributed by atoms with Crippen molar-refractivity contribution in [2.24, 2.45) is 5.92 Å². The van der Waals surface area contributed by atoms with Gasteiger partial charge < -0.3 is 9.64 Å². The molecule has 0 fully saturated rings. The predicted molar refractivity (Wildman–Crippen MR) is 89.6 cm³/mol. The van der Waals surface area contributed by atoms with Gasteiger partial charge >= 0.3 is 12.2 Å². The van der Waals surface area contributed by atoms with Gasteiger partial charge in [0.05, 0.1) is 6.61 Å². The summed E-state index contributed by atoms with van der Waals surface area (Å²) in [6.07, 6.45) is -3.81. The Labute approximate surface area is 146 Å². The molecule has 0 aliphatic rings. The summed E-state index contributed by atoms with van der Waals surface area (Å²) < 4.78 is 46.0. The van der Waals surface area contributed by atoms with E-state index < -0.39 is 11.7 Å². The third-order valence-electron chi connectivity index (χ3n) is 3.11. The molecule has 4 nitrogen and oxygen atoms in total. The first-order valence-corrected chi connectivity index (χ1v) is 8.04. The van der Waals surface area contributed by atoms with E-state index in [2.05, 4.69) is 25.9 Å². The number of benzene rings is 1. The van der Waals surface area contributed by atoms with Gasteiger partial charge in [-0.15, -0.1) is 0 Å². The second kappa shape index (κ2) is 7.38. The van der Waals surface area contributed by atoms with Gasteiger partial charge in [0.15, 0.2) is 5.82 Å². The zero-order chi connectivity index (χ0) is 17.9. The average Bonchev–Trinajstić information content (AvgIpc) is 2.51. The van der Waals surface area contributed by atoms with Gasteiger partial charge in [0, 0.05) is 23.4 Å². The lowest BCUT2D eigenvalue weighted by molar-refractivity contribution is -0.137. The van der Waals surface area contributed by atoms with Crippen molar-refractivity contribution in [3.05, 3.63) is 40.5 Å². The summed E-state index contributed by atoms with van der Waals surface area (Å²) in [7, 11) is 1.52. The van der Waals surface area contributed by atoms with E-state index in [-0.39, 0.29) is 17.7 Å². The number of anilines is 2. The van der Waals surface area contributed by atoms with E-state index in [9.17, 15) is 13.2 Å². The van der Waals surface area contributed by atoms with Crippen LogP contribution in [0.4, 0.5) is 24.7 Å². The number of hydrogen-bond acceptors (Lipinski definition) is 4. The van der Waals surface area contributed by atoms with Crippen molar-refractivity contribution >= 4 is 27.4 Å². The van der Waals surface area contributed by atoms with E-state index in [1.165, 1.54) is 11.9 Å².